The first-order chi connectivity index (χ1) is 7.26. The molecular formula is C11H21N3O. The zero-order chi connectivity index (χ0) is 11.1. The molecule has 1 heterocycles. The lowest BCUT2D eigenvalue weighted by Crippen LogP contribution is -2.33. The minimum atomic E-state index is 0.432. The van der Waals surface area contributed by atoms with Gasteiger partial charge in [-0.25, -0.2) is 0 Å². The number of nitrogens with one attached hydrogen (secondary N) is 1. The van der Waals surface area contributed by atoms with E-state index in [0.717, 1.165) is 31.7 Å². The first-order valence-corrected chi connectivity index (χ1v) is 5.47. The standard InChI is InChI=1S/C11H21N3O/c1-4-12-11(9-15-3)6-5-10-7-8-14(2)13-10/h7-8,11-12H,4-6,9H2,1-3H3. The first-order valence-electron chi connectivity index (χ1n) is 5.47. The van der Waals surface area contributed by atoms with Gasteiger partial charge in [-0.2, -0.15) is 5.10 Å². The van der Waals surface area contributed by atoms with E-state index in [1.54, 1.807) is 7.11 Å². The van der Waals surface area contributed by atoms with Crippen LogP contribution in [0.1, 0.15) is 19.0 Å². The number of likely N-dealkylation sites (N-methyl/N-ethyl adjacent to an activating group) is 1. The number of rotatable bonds is 7. The maximum absolute atomic E-state index is 5.16. The van der Waals surface area contributed by atoms with Gasteiger partial charge in [0.25, 0.3) is 0 Å². The Bertz CT molecular complexity index is 267. The predicted octanol–water partition coefficient (Wildman–Crippen LogP) is 0.977. The lowest BCUT2D eigenvalue weighted by atomic mass is 10.1. The van der Waals surface area contributed by atoms with Crippen LogP contribution < -0.4 is 5.32 Å². The Morgan fingerprint density at radius 2 is 2.40 bits per heavy atom. The van der Waals surface area contributed by atoms with Gasteiger partial charge in [0, 0.05) is 26.4 Å². The van der Waals surface area contributed by atoms with E-state index >= 15 is 0 Å². The number of aryl methyl sites for hydroxylation is 2. The molecule has 0 radical (unpaired) electrons. The lowest BCUT2D eigenvalue weighted by Gasteiger charge is -2.15. The van der Waals surface area contributed by atoms with Crippen molar-refractivity contribution < 1.29 is 4.74 Å². The molecule has 0 fully saturated rings. The van der Waals surface area contributed by atoms with Crippen molar-refractivity contribution >= 4 is 0 Å². The van der Waals surface area contributed by atoms with Gasteiger partial charge in [-0.15, -0.1) is 0 Å². The highest BCUT2D eigenvalue weighted by atomic mass is 16.5. The third-order valence-electron chi connectivity index (χ3n) is 2.38. The molecule has 1 N–H and O–H groups in total. The summed E-state index contributed by atoms with van der Waals surface area (Å²) < 4.78 is 7.00. The molecule has 86 valence electrons. The van der Waals surface area contributed by atoms with E-state index in [1.165, 1.54) is 0 Å². The maximum atomic E-state index is 5.16. The second kappa shape index (κ2) is 6.58. The van der Waals surface area contributed by atoms with Crippen molar-refractivity contribution in [3.05, 3.63) is 18.0 Å². The van der Waals surface area contributed by atoms with E-state index in [-0.39, 0.29) is 0 Å². The molecule has 0 saturated heterocycles. The van der Waals surface area contributed by atoms with Gasteiger partial charge >= 0.3 is 0 Å². The summed E-state index contributed by atoms with van der Waals surface area (Å²) in [7, 11) is 3.69. The second-order valence-electron chi connectivity index (χ2n) is 3.73. The van der Waals surface area contributed by atoms with Crippen LogP contribution in [0.15, 0.2) is 12.3 Å². The van der Waals surface area contributed by atoms with Crippen LogP contribution in [0.3, 0.4) is 0 Å². The van der Waals surface area contributed by atoms with Gasteiger partial charge < -0.3 is 10.1 Å². The quantitative estimate of drug-likeness (QED) is 0.730. The van der Waals surface area contributed by atoms with Crippen LogP contribution in [0, 0.1) is 0 Å². The molecule has 1 aromatic rings. The number of nitrogens with zero attached hydrogens (tertiary/aromatic N) is 2. The molecule has 1 unspecified atom stereocenters. The summed E-state index contributed by atoms with van der Waals surface area (Å²) in [5.41, 5.74) is 1.15. The van der Waals surface area contributed by atoms with Crippen molar-refractivity contribution in [3.8, 4) is 0 Å². The fraction of sp³-hybridized carbons (Fsp3) is 0.727. The first kappa shape index (κ1) is 12.2. The summed E-state index contributed by atoms with van der Waals surface area (Å²) in [4.78, 5) is 0. The minimum absolute atomic E-state index is 0.432. The molecule has 0 aliphatic carbocycles. The summed E-state index contributed by atoms with van der Waals surface area (Å²) in [6, 6.07) is 2.50. The minimum Gasteiger partial charge on any atom is -0.383 e. The Morgan fingerprint density at radius 3 is 2.93 bits per heavy atom. The summed E-state index contributed by atoms with van der Waals surface area (Å²) >= 11 is 0. The van der Waals surface area contributed by atoms with E-state index in [2.05, 4.69) is 23.4 Å². The van der Waals surface area contributed by atoms with Gasteiger partial charge in [0.15, 0.2) is 0 Å². The highest BCUT2D eigenvalue weighted by molar-refractivity contribution is 4.99. The third-order valence-corrected chi connectivity index (χ3v) is 2.38. The topological polar surface area (TPSA) is 39.1 Å². The Labute approximate surface area is 91.6 Å². The number of hydrogen-bond donors (Lipinski definition) is 1. The van der Waals surface area contributed by atoms with Crippen LogP contribution in [0.2, 0.25) is 0 Å². The van der Waals surface area contributed by atoms with E-state index in [1.807, 2.05) is 17.9 Å². The summed E-state index contributed by atoms with van der Waals surface area (Å²) in [5, 5.41) is 7.75. The van der Waals surface area contributed by atoms with E-state index in [9.17, 15) is 0 Å². The Kier molecular flexibility index (Phi) is 5.36. The molecule has 0 bridgehead atoms. The van der Waals surface area contributed by atoms with Gasteiger partial charge in [0.05, 0.1) is 12.3 Å². The van der Waals surface area contributed by atoms with Gasteiger partial charge in [-0.1, -0.05) is 6.92 Å². The molecule has 0 aromatic carbocycles. The largest absolute Gasteiger partial charge is 0.383 e. The van der Waals surface area contributed by atoms with Crippen molar-refractivity contribution in [1.82, 2.24) is 15.1 Å². The van der Waals surface area contributed by atoms with Crippen LogP contribution in [0.25, 0.3) is 0 Å². The summed E-state index contributed by atoms with van der Waals surface area (Å²) in [5.74, 6) is 0. The SMILES string of the molecule is CCNC(CCc1ccn(C)n1)COC. The molecule has 1 aromatic heterocycles. The van der Waals surface area contributed by atoms with Crippen LogP contribution in [0.5, 0.6) is 0 Å². The molecular weight excluding hydrogens is 190 g/mol. The molecule has 0 saturated carbocycles. The Morgan fingerprint density at radius 1 is 1.60 bits per heavy atom. The molecule has 15 heavy (non-hydrogen) atoms. The highest BCUT2D eigenvalue weighted by Crippen LogP contribution is 2.02. The van der Waals surface area contributed by atoms with E-state index in [4.69, 9.17) is 4.74 Å². The fourth-order valence-electron chi connectivity index (χ4n) is 1.65. The highest BCUT2D eigenvalue weighted by Gasteiger charge is 2.07. The van der Waals surface area contributed by atoms with Gasteiger partial charge in [-0.05, 0) is 25.5 Å². The predicted molar refractivity (Wildman–Crippen MR) is 60.9 cm³/mol. The fourth-order valence-corrected chi connectivity index (χ4v) is 1.65. The maximum Gasteiger partial charge on any atom is 0.0625 e. The molecule has 4 heteroatoms. The van der Waals surface area contributed by atoms with Crippen LogP contribution in [-0.4, -0.2) is 36.1 Å². The van der Waals surface area contributed by atoms with Crippen molar-refractivity contribution in [2.45, 2.75) is 25.8 Å². The van der Waals surface area contributed by atoms with Crippen molar-refractivity contribution in [3.63, 3.8) is 0 Å². The van der Waals surface area contributed by atoms with Crippen molar-refractivity contribution in [2.75, 3.05) is 20.3 Å². The van der Waals surface area contributed by atoms with E-state index in [0.29, 0.717) is 6.04 Å². The molecule has 0 amide bonds. The second-order valence-corrected chi connectivity index (χ2v) is 3.73. The lowest BCUT2D eigenvalue weighted by molar-refractivity contribution is 0.163. The van der Waals surface area contributed by atoms with Gasteiger partial charge in [0.2, 0.25) is 0 Å². The number of ether oxygens (including phenoxy) is 1. The Balaban J connectivity index is 2.32. The van der Waals surface area contributed by atoms with Crippen molar-refractivity contribution in [2.24, 2.45) is 7.05 Å². The normalized spacial score (nSPS) is 13.0. The number of methoxy groups -OCH3 is 1. The molecule has 0 aliphatic heterocycles. The molecule has 1 rings (SSSR count). The van der Waals surface area contributed by atoms with E-state index < -0.39 is 0 Å². The van der Waals surface area contributed by atoms with Crippen LogP contribution >= 0.6 is 0 Å². The number of hydrogen-bond acceptors (Lipinski definition) is 3. The number of aromatic nitrogens is 2. The van der Waals surface area contributed by atoms with Crippen LogP contribution in [-0.2, 0) is 18.2 Å². The molecule has 1 atom stereocenters. The monoisotopic (exact) mass is 211 g/mol. The van der Waals surface area contributed by atoms with Gasteiger partial charge in [0.1, 0.15) is 0 Å². The Hall–Kier alpha value is -0.870. The summed E-state index contributed by atoms with van der Waals surface area (Å²) in [6.45, 7) is 3.86. The average molecular weight is 211 g/mol. The average Bonchev–Trinajstić information content (AvgIpc) is 2.61. The smallest absolute Gasteiger partial charge is 0.0625 e. The molecule has 0 spiro atoms. The zero-order valence-corrected chi connectivity index (χ0v) is 9.86. The molecule has 0 aliphatic rings. The summed E-state index contributed by atoms with van der Waals surface area (Å²) in [6.07, 6.45) is 4.05. The zero-order valence-electron chi connectivity index (χ0n) is 9.86. The molecule has 4 nitrogen and oxygen atoms in total. The third kappa shape index (κ3) is 4.44. The van der Waals surface area contributed by atoms with Crippen LogP contribution in [0.4, 0.5) is 0 Å². The van der Waals surface area contributed by atoms with Crippen molar-refractivity contribution in [1.29, 1.82) is 0 Å². The van der Waals surface area contributed by atoms with Gasteiger partial charge in [-0.3, -0.25) is 4.68 Å².